The van der Waals surface area contributed by atoms with E-state index in [1.165, 1.54) is 9.13 Å². The van der Waals surface area contributed by atoms with Gasteiger partial charge in [-0.15, -0.1) is 0 Å². The predicted octanol–water partition coefficient (Wildman–Crippen LogP) is -0.0429. The maximum Gasteiger partial charge on any atom is 0.317 e. The predicted molar refractivity (Wildman–Crippen MR) is 92.2 cm³/mol. The van der Waals surface area contributed by atoms with Crippen LogP contribution in [0.3, 0.4) is 0 Å². The standard InChI is InChI=1S/C17H22N4O3/c1-3-20-13-6-4-5-7-14(13)21(17(24)16(20)23)12-15(22)19-10-8-18(2)9-11-19/h4-7H,3,8-12H2,1-2H3. The summed E-state index contributed by atoms with van der Waals surface area (Å²) in [6.07, 6.45) is 0. The molecule has 7 nitrogen and oxygen atoms in total. The second-order valence-electron chi connectivity index (χ2n) is 6.11. The molecule has 1 aliphatic heterocycles. The van der Waals surface area contributed by atoms with E-state index in [1.807, 2.05) is 26.1 Å². The fourth-order valence-corrected chi connectivity index (χ4v) is 3.13. The van der Waals surface area contributed by atoms with Gasteiger partial charge < -0.3 is 14.4 Å². The molecular formula is C17H22N4O3. The summed E-state index contributed by atoms with van der Waals surface area (Å²) >= 11 is 0. The average molecular weight is 330 g/mol. The minimum atomic E-state index is -0.641. The normalized spacial score (nSPS) is 15.8. The quantitative estimate of drug-likeness (QED) is 0.741. The molecule has 1 saturated heterocycles. The second kappa shape index (κ2) is 6.60. The Morgan fingerprint density at radius 2 is 1.50 bits per heavy atom. The van der Waals surface area contributed by atoms with E-state index in [2.05, 4.69) is 4.90 Å². The number of piperazine rings is 1. The topological polar surface area (TPSA) is 67.5 Å². The summed E-state index contributed by atoms with van der Waals surface area (Å²) in [6, 6.07) is 7.21. The smallest absolute Gasteiger partial charge is 0.317 e. The first-order chi connectivity index (χ1) is 11.5. The van der Waals surface area contributed by atoms with Crippen molar-refractivity contribution in [3.05, 3.63) is 45.0 Å². The molecular weight excluding hydrogens is 308 g/mol. The number of para-hydroxylation sites is 2. The Hall–Kier alpha value is -2.41. The molecule has 0 atom stereocenters. The second-order valence-corrected chi connectivity index (χ2v) is 6.11. The van der Waals surface area contributed by atoms with Crippen molar-refractivity contribution < 1.29 is 4.79 Å². The molecule has 24 heavy (non-hydrogen) atoms. The summed E-state index contributed by atoms with van der Waals surface area (Å²) in [6.45, 7) is 5.08. The Balaban J connectivity index is 2.01. The van der Waals surface area contributed by atoms with Gasteiger partial charge >= 0.3 is 11.1 Å². The molecule has 0 N–H and O–H groups in total. The first-order valence-corrected chi connectivity index (χ1v) is 8.21. The summed E-state index contributed by atoms with van der Waals surface area (Å²) in [5, 5.41) is 0. The van der Waals surface area contributed by atoms with E-state index in [4.69, 9.17) is 0 Å². The van der Waals surface area contributed by atoms with Crippen molar-refractivity contribution in [1.29, 1.82) is 0 Å². The van der Waals surface area contributed by atoms with Crippen molar-refractivity contribution in [3.8, 4) is 0 Å². The Morgan fingerprint density at radius 1 is 0.958 bits per heavy atom. The number of aromatic nitrogens is 2. The van der Waals surface area contributed by atoms with Gasteiger partial charge in [-0.05, 0) is 26.1 Å². The maximum absolute atomic E-state index is 12.6. The van der Waals surface area contributed by atoms with E-state index in [9.17, 15) is 14.4 Å². The number of hydrogen-bond acceptors (Lipinski definition) is 4. The zero-order valence-corrected chi connectivity index (χ0v) is 14.1. The SMILES string of the molecule is CCn1c(=O)c(=O)n(CC(=O)N2CCN(C)CC2)c2ccccc21. The van der Waals surface area contributed by atoms with Gasteiger partial charge in [0.05, 0.1) is 11.0 Å². The molecule has 1 aromatic carbocycles. The molecule has 1 amide bonds. The maximum atomic E-state index is 12.6. The summed E-state index contributed by atoms with van der Waals surface area (Å²) in [5.74, 6) is -0.121. The molecule has 0 saturated carbocycles. The fraction of sp³-hybridized carbons (Fsp3) is 0.471. The van der Waals surface area contributed by atoms with E-state index in [0.717, 1.165) is 13.1 Å². The number of fused-ring (bicyclic) bond motifs is 1. The number of carbonyl (C=O) groups is 1. The van der Waals surface area contributed by atoms with Crippen LogP contribution in [0.1, 0.15) is 6.92 Å². The molecule has 1 aliphatic rings. The minimum absolute atomic E-state index is 0.0944. The van der Waals surface area contributed by atoms with Crippen LogP contribution in [0.25, 0.3) is 11.0 Å². The lowest BCUT2D eigenvalue weighted by Crippen LogP contribution is -2.50. The third kappa shape index (κ3) is 2.87. The van der Waals surface area contributed by atoms with Crippen LogP contribution >= 0.6 is 0 Å². The summed E-state index contributed by atoms with van der Waals surface area (Å²) in [5.41, 5.74) is 0.0719. The van der Waals surface area contributed by atoms with Gasteiger partial charge in [0.15, 0.2) is 0 Å². The molecule has 3 rings (SSSR count). The average Bonchev–Trinajstić information content (AvgIpc) is 2.60. The summed E-state index contributed by atoms with van der Waals surface area (Å²) in [4.78, 5) is 41.3. The number of rotatable bonds is 3. The van der Waals surface area contributed by atoms with Gasteiger partial charge in [0.1, 0.15) is 6.54 Å². The highest BCUT2D eigenvalue weighted by molar-refractivity contribution is 5.80. The number of likely N-dealkylation sites (N-methyl/N-ethyl adjacent to an activating group) is 1. The lowest BCUT2D eigenvalue weighted by atomic mass is 10.2. The summed E-state index contributed by atoms with van der Waals surface area (Å²) in [7, 11) is 2.02. The van der Waals surface area contributed by atoms with Crippen molar-refractivity contribution in [2.45, 2.75) is 20.0 Å². The van der Waals surface area contributed by atoms with Crippen molar-refractivity contribution in [1.82, 2.24) is 18.9 Å². The lowest BCUT2D eigenvalue weighted by molar-refractivity contribution is -0.133. The molecule has 0 aliphatic carbocycles. The third-order valence-electron chi connectivity index (χ3n) is 4.60. The number of amides is 1. The Morgan fingerprint density at radius 3 is 2.08 bits per heavy atom. The monoisotopic (exact) mass is 330 g/mol. The van der Waals surface area contributed by atoms with Crippen molar-refractivity contribution in [3.63, 3.8) is 0 Å². The van der Waals surface area contributed by atoms with Gasteiger partial charge in [-0.1, -0.05) is 12.1 Å². The Bertz CT molecular complexity index is 876. The summed E-state index contributed by atoms with van der Waals surface area (Å²) < 4.78 is 2.76. The highest BCUT2D eigenvalue weighted by Gasteiger charge is 2.21. The number of benzene rings is 1. The highest BCUT2D eigenvalue weighted by atomic mass is 16.2. The fourth-order valence-electron chi connectivity index (χ4n) is 3.13. The van der Waals surface area contributed by atoms with Crippen molar-refractivity contribution >= 4 is 16.9 Å². The number of nitrogens with zero attached hydrogens (tertiary/aromatic N) is 4. The van der Waals surface area contributed by atoms with Crippen LogP contribution in [0, 0.1) is 0 Å². The van der Waals surface area contributed by atoms with Gasteiger partial charge in [-0.3, -0.25) is 19.0 Å². The van der Waals surface area contributed by atoms with E-state index in [1.54, 1.807) is 17.0 Å². The Kier molecular flexibility index (Phi) is 4.53. The number of hydrogen-bond donors (Lipinski definition) is 0. The lowest BCUT2D eigenvalue weighted by Gasteiger charge is -2.32. The molecule has 128 valence electrons. The molecule has 0 bridgehead atoms. The Labute approximate surface area is 139 Å². The molecule has 1 aromatic heterocycles. The van der Waals surface area contributed by atoms with Crippen LogP contribution in [0.4, 0.5) is 0 Å². The first kappa shape index (κ1) is 16.4. The number of carbonyl (C=O) groups excluding carboxylic acids is 1. The van der Waals surface area contributed by atoms with Gasteiger partial charge in [-0.25, -0.2) is 0 Å². The van der Waals surface area contributed by atoms with Gasteiger partial charge in [-0.2, -0.15) is 0 Å². The van der Waals surface area contributed by atoms with Gasteiger partial charge in [0.25, 0.3) is 0 Å². The number of aryl methyl sites for hydroxylation is 1. The first-order valence-electron chi connectivity index (χ1n) is 8.21. The molecule has 0 spiro atoms. The van der Waals surface area contributed by atoms with Gasteiger partial charge in [0.2, 0.25) is 5.91 Å². The largest absolute Gasteiger partial charge is 0.339 e. The minimum Gasteiger partial charge on any atom is -0.339 e. The van der Waals surface area contributed by atoms with Crippen LogP contribution < -0.4 is 11.1 Å². The van der Waals surface area contributed by atoms with Crippen molar-refractivity contribution in [2.24, 2.45) is 0 Å². The van der Waals surface area contributed by atoms with E-state index >= 15 is 0 Å². The van der Waals surface area contributed by atoms with Crippen LogP contribution in [-0.2, 0) is 17.9 Å². The van der Waals surface area contributed by atoms with E-state index < -0.39 is 11.1 Å². The van der Waals surface area contributed by atoms with Gasteiger partial charge in [0, 0.05) is 32.7 Å². The highest BCUT2D eigenvalue weighted by Crippen LogP contribution is 2.11. The van der Waals surface area contributed by atoms with Crippen LogP contribution in [0.2, 0.25) is 0 Å². The van der Waals surface area contributed by atoms with Crippen LogP contribution in [0.15, 0.2) is 33.9 Å². The van der Waals surface area contributed by atoms with E-state index in [-0.39, 0.29) is 12.5 Å². The zero-order valence-electron chi connectivity index (χ0n) is 14.1. The molecule has 2 heterocycles. The molecule has 0 radical (unpaired) electrons. The van der Waals surface area contributed by atoms with Crippen molar-refractivity contribution in [2.75, 3.05) is 33.2 Å². The molecule has 1 fully saturated rings. The molecule has 0 unspecified atom stereocenters. The molecule has 7 heteroatoms. The third-order valence-corrected chi connectivity index (χ3v) is 4.60. The van der Waals surface area contributed by atoms with E-state index in [0.29, 0.717) is 30.7 Å². The van der Waals surface area contributed by atoms with Crippen LogP contribution in [0.5, 0.6) is 0 Å². The van der Waals surface area contributed by atoms with Crippen LogP contribution in [-0.4, -0.2) is 58.1 Å². The molecule has 2 aromatic rings. The zero-order chi connectivity index (χ0) is 17.3.